The first-order chi connectivity index (χ1) is 14.1. The summed E-state index contributed by atoms with van der Waals surface area (Å²) in [5.74, 6) is 2.48. The smallest absolute Gasteiger partial charge is 0.263 e. The third-order valence-electron chi connectivity index (χ3n) is 4.81. The fourth-order valence-electron chi connectivity index (χ4n) is 3.17. The van der Waals surface area contributed by atoms with Crippen molar-refractivity contribution >= 4 is 11.7 Å². The molecule has 3 heterocycles. The first-order valence-electron chi connectivity index (χ1n) is 9.01. The van der Waals surface area contributed by atoms with Crippen molar-refractivity contribution in [2.45, 2.75) is 20.4 Å². The van der Waals surface area contributed by atoms with E-state index in [-0.39, 0.29) is 19.3 Å². The predicted molar refractivity (Wildman–Crippen MR) is 103 cm³/mol. The molecule has 0 fully saturated rings. The molecule has 4 rings (SSSR count). The number of amides is 1. The van der Waals surface area contributed by atoms with E-state index in [1.807, 2.05) is 24.5 Å². The molecule has 1 amide bonds. The average molecular weight is 393 g/mol. The molecule has 1 aromatic carbocycles. The van der Waals surface area contributed by atoms with Crippen LogP contribution in [0.5, 0.6) is 17.2 Å². The summed E-state index contributed by atoms with van der Waals surface area (Å²) in [4.78, 5) is 12.5. The maximum absolute atomic E-state index is 12.5. The molecule has 0 unspecified atom stereocenters. The summed E-state index contributed by atoms with van der Waals surface area (Å²) < 4.78 is 23.4. The molecule has 148 valence electrons. The quantitative estimate of drug-likeness (QED) is 0.689. The van der Waals surface area contributed by atoms with Crippen molar-refractivity contribution in [3.63, 3.8) is 0 Å². The van der Waals surface area contributed by atoms with Crippen molar-refractivity contribution < 1.29 is 23.4 Å². The van der Waals surface area contributed by atoms with Crippen LogP contribution in [-0.4, -0.2) is 23.9 Å². The van der Waals surface area contributed by atoms with Crippen LogP contribution in [0, 0.1) is 25.2 Å². The number of benzene rings is 1. The number of carbonyl (C=O) groups excluding carboxylic acids is 1. The molecule has 0 radical (unpaired) electrons. The van der Waals surface area contributed by atoms with Crippen LogP contribution in [-0.2, 0) is 11.3 Å². The molecule has 1 aliphatic rings. The summed E-state index contributed by atoms with van der Waals surface area (Å²) in [7, 11) is 0. The van der Waals surface area contributed by atoms with Crippen LogP contribution in [0.2, 0.25) is 0 Å². The van der Waals surface area contributed by atoms with Crippen LogP contribution in [0.25, 0.3) is 0 Å². The highest BCUT2D eigenvalue weighted by atomic mass is 16.7. The van der Waals surface area contributed by atoms with Crippen LogP contribution >= 0.6 is 0 Å². The molecule has 0 bridgehead atoms. The molecular formula is C21H19N3O5. The number of rotatable bonds is 6. The standard InChI is InChI=1S/C21H19N3O5/c1-13-14(2)24(10-16-4-3-7-26-16)21(17(13)9-22)23-20(25)11-27-15-5-6-18-19(8-15)29-12-28-18/h3-8H,10-12H2,1-2H3,(H,23,25). The van der Waals surface area contributed by atoms with Gasteiger partial charge in [-0.3, -0.25) is 4.79 Å². The van der Waals surface area contributed by atoms with Crippen LogP contribution in [0.15, 0.2) is 41.0 Å². The Balaban J connectivity index is 1.50. The zero-order valence-corrected chi connectivity index (χ0v) is 16.0. The highest BCUT2D eigenvalue weighted by Gasteiger charge is 2.21. The highest BCUT2D eigenvalue weighted by molar-refractivity contribution is 5.93. The van der Waals surface area contributed by atoms with Gasteiger partial charge in [0.2, 0.25) is 6.79 Å². The van der Waals surface area contributed by atoms with Crippen molar-refractivity contribution in [1.29, 1.82) is 5.26 Å². The van der Waals surface area contributed by atoms with Crippen molar-refractivity contribution in [1.82, 2.24) is 4.57 Å². The zero-order valence-electron chi connectivity index (χ0n) is 16.0. The molecule has 1 aliphatic heterocycles. The van der Waals surface area contributed by atoms with E-state index in [0.29, 0.717) is 35.2 Å². The monoisotopic (exact) mass is 393 g/mol. The minimum Gasteiger partial charge on any atom is -0.484 e. The summed E-state index contributed by atoms with van der Waals surface area (Å²) in [6, 6.07) is 10.9. The van der Waals surface area contributed by atoms with E-state index < -0.39 is 0 Å². The number of hydrogen-bond donors (Lipinski definition) is 1. The molecular weight excluding hydrogens is 374 g/mol. The van der Waals surface area contributed by atoms with Gasteiger partial charge in [0.1, 0.15) is 23.4 Å². The fraction of sp³-hybridized carbons (Fsp3) is 0.238. The summed E-state index contributed by atoms with van der Waals surface area (Å²) in [5, 5.41) is 12.4. The number of carbonyl (C=O) groups is 1. The Hall–Kier alpha value is -3.86. The SMILES string of the molecule is Cc1c(C#N)c(NC(=O)COc2ccc3c(c2)OCO3)n(Cc2ccco2)c1C. The Bertz CT molecular complexity index is 1090. The first kappa shape index (κ1) is 18.5. The van der Waals surface area contributed by atoms with Gasteiger partial charge < -0.3 is 28.5 Å². The molecule has 3 aromatic rings. The summed E-state index contributed by atoms with van der Waals surface area (Å²) in [5.41, 5.74) is 2.11. The fourth-order valence-corrected chi connectivity index (χ4v) is 3.17. The molecule has 1 N–H and O–H groups in total. The van der Waals surface area contributed by atoms with Gasteiger partial charge in [-0.15, -0.1) is 0 Å². The Kier molecular flexibility index (Phi) is 4.87. The molecule has 2 aromatic heterocycles. The van der Waals surface area contributed by atoms with E-state index >= 15 is 0 Å². The Morgan fingerprint density at radius 1 is 1.28 bits per heavy atom. The lowest BCUT2D eigenvalue weighted by Gasteiger charge is -2.12. The Labute approximate surface area is 167 Å². The van der Waals surface area contributed by atoms with Crippen LogP contribution in [0.3, 0.4) is 0 Å². The Morgan fingerprint density at radius 2 is 2.10 bits per heavy atom. The van der Waals surface area contributed by atoms with Gasteiger partial charge in [0, 0.05) is 11.8 Å². The predicted octanol–water partition coefficient (Wildman–Crippen LogP) is 3.36. The minimum atomic E-state index is -0.377. The second kappa shape index (κ2) is 7.64. The number of fused-ring (bicyclic) bond motifs is 1. The average Bonchev–Trinajstić information content (AvgIpc) is 3.44. The molecule has 8 heteroatoms. The maximum atomic E-state index is 12.5. The van der Waals surface area contributed by atoms with Crippen molar-refractivity contribution in [3.8, 4) is 23.3 Å². The van der Waals surface area contributed by atoms with E-state index in [1.54, 1.807) is 30.5 Å². The maximum Gasteiger partial charge on any atom is 0.263 e. The second-order valence-corrected chi connectivity index (χ2v) is 6.56. The highest BCUT2D eigenvalue weighted by Crippen LogP contribution is 2.35. The molecule has 0 saturated carbocycles. The number of furan rings is 1. The zero-order chi connectivity index (χ0) is 20.4. The van der Waals surface area contributed by atoms with Gasteiger partial charge in [-0.2, -0.15) is 5.26 Å². The number of nitriles is 1. The summed E-state index contributed by atoms with van der Waals surface area (Å²) in [6.07, 6.45) is 1.59. The number of aromatic nitrogens is 1. The van der Waals surface area contributed by atoms with Gasteiger partial charge in [0.25, 0.3) is 5.91 Å². The molecule has 8 nitrogen and oxygen atoms in total. The third-order valence-corrected chi connectivity index (χ3v) is 4.81. The van der Waals surface area contributed by atoms with Gasteiger partial charge in [0.15, 0.2) is 18.1 Å². The lowest BCUT2D eigenvalue weighted by atomic mass is 10.2. The molecule has 0 spiro atoms. The van der Waals surface area contributed by atoms with Gasteiger partial charge >= 0.3 is 0 Å². The number of nitrogens with zero attached hydrogens (tertiary/aromatic N) is 2. The number of nitrogens with one attached hydrogen (secondary N) is 1. The van der Waals surface area contributed by atoms with E-state index in [4.69, 9.17) is 18.6 Å². The van der Waals surface area contributed by atoms with E-state index in [0.717, 1.165) is 17.0 Å². The van der Waals surface area contributed by atoms with Crippen LogP contribution < -0.4 is 19.5 Å². The number of ether oxygens (including phenoxy) is 3. The molecule has 0 atom stereocenters. The second-order valence-electron chi connectivity index (χ2n) is 6.56. The van der Waals surface area contributed by atoms with Crippen LogP contribution in [0.4, 0.5) is 5.82 Å². The lowest BCUT2D eigenvalue weighted by molar-refractivity contribution is -0.118. The van der Waals surface area contributed by atoms with E-state index in [2.05, 4.69) is 11.4 Å². The molecule has 29 heavy (non-hydrogen) atoms. The minimum absolute atomic E-state index is 0.168. The normalized spacial score (nSPS) is 11.9. The topological polar surface area (TPSA) is 98.7 Å². The van der Waals surface area contributed by atoms with Gasteiger partial charge in [-0.05, 0) is 43.7 Å². The molecule has 0 saturated heterocycles. The first-order valence-corrected chi connectivity index (χ1v) is 9.01. The third kappa shape index (κ3) is 3.62. The molecule has 0 aliphatic carbocycles. The van der Waals surface area contributed by atoms with Gasteiger partial charge in [-0.1, -0.05) is 0 Å². The van der Waals surface area contributed by atoms with Crippen molar-refractivity contribution in [2.75, 3.05) is 18.7 Å². The van der Waals surface area contributed by atoms with Gasteiger partial charge in [0.05, 0.1) is 18.4 Å². The van der Waals surface area contributed by atoms with Crippen molar-refractivity contribution in [2.24, 2.45) is 0 Å². The largest absolute Gasteiger partial charge is 0.484 e. The Morgan fingerprint density at radius 3 is 2.86 bits per heavy atom. The van der Waals surface area contributed by atoms with Crippen LogP contribution in [0.1, 0.15) is 22.6 Å². The van der Waals surface area contributed by atoms with E-state index in [1.165, 1.54) is 0 Å². The van der Waals surface area contributed by atoms with Crippen molar-refractivity contribution in [3.05, 3.63) is 59.2 Å². The number of anilines is 1. The summed E-state index contributed by atoms with van der Waals surface area (Å²) >= 11 is 0. The summed E-state index contributed by atoms with van der Waals surface area (Å²) in [6.45, 7) is 4.11. The van der Waals surface area contributed by atoms with Gasteiger partial charge in [-0.25, -0.2) is 0 Å². The number of hydrogen-bond acceptors (Lipinski definition) is 6. The van der Waals surface area contributed by atoms with E-state index in [9.17, 15) is 10.1 Å². The lowest BCUT2D eigenvalue weighted by Crippen LogP contribution is -2.22.